The van der Waals surface area contributed by atoms with Gasteiger partial charge in [-0.3, -0.25) is 9.78 Å². The number of amides is 1. The highest BCUT2D eigenvalue weighted by molar-refractivity contribution is 7.91. The van der Waals surface area contributed by atoms with Gasteiger partial charge in [0.2, 0.25) is 0 Å². The number of sulfone groups is 1. The fraction of sp³-hybridized carbons (Fsp3) is 0.143. The van der Waals surface area contributed by atoms with Gasteiger partial charge in [-0.25, -0.2) is 8.42 Å². The average Bonchev–Trinajstić information content (AvgIpc) is 2.47. The smallest absolute Gasteiger partial charge is 0.267 e. The number of nitrogens with two attached hydrogens (primary N) is 1. The number of aromatic nitrogens is 1. The Bertz CT molecular complexity index is 737. The Labute approximate surface area is 117 Å². The first-order chi connectivity index (χ1) is 9.45. The van der Waals surface area contributed by atoms with Gasteiger partial charge in [0.15, 0.2) is 9.84 Å². The van der Waals surface area contributed by atoms with Crippen LogP contribution in [0.2, 0.25) is 0 Å². The molecule has 0 aliphatic heterocycles. The summed E-state index contributed by atoms with van der Waals surface area (Å²) in [7, 11) is -3.23. The first kappa shape index (κ1) is 14.2. The minimum Gasteiger partial charge on any atom is -0.364 e. The van der Waals surface area contributed by atoms with Gasteiger partial charge in [-0.15, -0.1) is 0 Å². The third-order valence-corrected chi connectivity index (χ3v) is 4.70. The zero-order chi connectivity index (χ0) is 14.8. The Hall–Kier alpha value is -2.21. The number of primary amides is 1. The highest BCUT2D eigenvalue weighted by Crippen LogP contribution is 2.23. The van der Waals surface area contributed by atoms with Crippen LogP contribution < -0.4 is 5.73 Å². The molecule has 0 atom stereocenters. The van der Waals surface area contributed by atoms with Crippen LogP contribution >= 0.6 is 0 Å². The summed E-state index contributed by atoms with van der Waals surface area (Å²) in [4.78, 5) is 15.5. The lowest BCUT2D eigenvalue weighted by Crippen LogP contribution is -2.14. The van der Waals surface area contributed by atoms with Crippen molar-refractivity contribution >= 4 is 15.7 Å². The lowest BCUT2D eigenvalue weighted by atomic mass is 10.0. The van der Waals surface area contributed by atoms with Crippen LogP contribution in [0.4, 0.5) is 0 Å². The topological polar surface area (TPSA) is 90.1 Å². The second kappa shape index (κ2) is 5.42. The molecule has 2 N–H and O–H groups in total. The van der Waals surface area contributed by atoms with Crippen molar-refractivity contribution in [3.05, 3.63) is 48.3 Å². The third kappa shape index (κ3) is 2.70. The zero-order valence-electron chi connectivity index (χ0n) is 10.9. The Kier molecular flexibility index (Phi) is 3.85. The van der Waals surface area contributed by atoms with Gasteiger partial charge in [-0.05, 0) is 23.8 Å². The first-order valence-electron chi connectivity index (χ1n) is 6.03. The molecule has 1 amide bonds. The van der Waals surface area contributed by atoms with Crippen LogP contribution in [-0.4, -0.2) is 25.1 Å². The van der Waals surface area contributed by atoms with Gasteiger partial charge in [0.1, 0.15) is 5.69 Å². The number of rotatable bonds is 4. The Morgan fingerprint density at radius 1 is 1.20 bits per heavy atom. The van der Waals surface area contributed by atoms with Gasteiger partial charge in [-0.2, -0.15) is 0 Å². The summed E-state index contributed by atoms with van der Waals surface area (Å²) in [5, 5.41) is 0. The van der Waals surface area contributed by atoms with Crippen molar-refractivity contribution in [2.75, 3.05) is 5.75 Å². The van der Waals surface area contributed by atoms with Gasteiger partial charge < -0.3 is 5.73 Å². The summed E-state index contributed by atoms with van der Waals surface area (Å²) in [6.45, 7) is 1.59. The van der Waals surface area contributed by atoms with Crippen LogP contribution in [0, 0.1) is 0 Å². The second-order valence-electron chi connectivity index (χ2n) is 4.19. The molecular formula is C14H14N2O3S. The van der Waals surface area contributed by atoms with E-state index in [1.165, 1.54) is 18.3 Å². The van der Waals surface area contributed by atoms with E-state index in [1.807, 2.05) is 0 Å². The molecule has 0 aliphatic carbocycles. The molecule has 0 spiro atoms. The fourth-order valence-electron chi connectivity index (χ4n) is 1.84. The molecule has 0 bridgehead atoms. The lowest BCUT2D eigenvalue weighted by Gasteiger charge is -2.07. The van der Waals surface area contributed by atoms with E-state index in [4.69, 9.17) is 5.73 Å². The highest BCUT2D eigenvalue weighted by atomic mass is 32.2. The van der Waals surface area contributed by atoms with Crippen LogP contribution in [0.25, 0.3) is 11.1 Å². The molecule has 0 saturated carbocycles. The number of carbonyl (C=O) groups is 1. The van der Waals surface area contributed by atoms with E-state index in [9.17, 15) is 13.2 Å². The molecule has 1 aromatic carbocycles. The summed E-state index contributed by atoms with van der Waals surface area (Å²) in [5.41, 5.74) is 6.72. The maximum Gasteiger partial charge on any atom is 0.267 e. The van der Waals surface area contributed by atoms with Crippen molar-refractivity contribution in [2.24, 2.45) is 5.73 Å². The van der Waals surface area contributed by atoms with Crippen molar-refractivity contribution in [2.45, 2.75) is 11.8 Å². The molecule has 0 radical (unpaired) electrons. The SMILES string of the molecule is CCS(=O)(=O)c1ccc(-c2cccnc2C(N)=O)cc1. The molecule has 0 fully saturated rings. The molecule has 104 valence electrons. The van der Waals surface area contributed by atoms with Crippen LogP contribution in [0.15, 0.2) is 47.5 Å². The molecule has 2 aromatic rings. The number of hydrogen-bond acceptors (Lipinski definition) is 4. The number of carbonyl (C=O) groups excluding carboxylic acids is 1. The Balaban J connectivity index is 2.49. The zero-order valence-corrected chi connectivity index (χ0v) is 11.7. The maximum absolute atomic E-state index is 11.7. The predicted octanol–water partition coefficient (Wildman–Crippen LogP) is 1.64. The van der Waals surface area contributed by atoms with E-state index in [-0.39, 0.29) is 16.3 Å². The standard InChI is InChI=1S/C14H14N2O3S/c1-2-20(18,19)11-7-5-10(6-8-11)12-4-3-9-16-13(12)14(15)17/h3-9H,2H2,1H3,(H2,15,17). The fourth-order valence-corrected chi connectivity index (χ4v) is 2.73. The minimum atomic E-state index is -3.23. The van der Waals surface area contributed by atoms with Crippen molar-refractivity contribution in [3.63, 3.8) is 0 Å². The molecule has 1 aromatic heterocycles. The Morgan fingerprint density at radius 2 is 1.85 bits per heavy atom. The summed E-state index contributed by atoms with van der Waals surface area (Å²) in [5.74, 6) is -0.572. The van der Waals surface area contributed by atoms with Gasteiger partial charge >= 0.3 is 0 Å². The van der Waals surface area contributed by atoms with E-state index in [1.54, 1.807) is 31.2 Å². The van der Waals surface area contributed by atoms with Gasteiger partial charge in [0.05, 0.1) is 10.6 Å². The molecule has 6 heteroatoms. The Morgan fingerprint density at radius 3 is 2.40 bits per heavy atom. The summed E-state index contributed by atoms with van der Waals surface area (Å²) < 4.78 is 23.5. The van der Waals surface area contributed by atoms with Gasteiger partial charge in [0.25, 0.3) is 5.91 Å². The minimum absolute atomic E-state index is 0.0474. The van der Waals surface area contributed by atoms with Crippen LogP contribution in [0.1, 0.15) is 17.4 Å². The summed E-state index contributed by atoms with van der Waals surface area (Å²) in [6, 6.07) is 9.74. The van der Waals surface area contributed by atoms with E-state index in [2.05, 4.69) is 4.98 Å². The van der Waals surface area contributed by atoms with Crippen molar-refractivity contribution in [1.29, 1.82) is 0 Å². The number of hydrogen-bond donors (Lipinski definition) is 1. The second-order valence-corrected chi connectivity index (χ2v) is 6.47. The number of benzene rings is 1. The summed E-state index contributed by atoms with van der Waals surface area (Å²) in [6.07, 6.45) is 1.49. The highest BCUT2D eigenvalue weighted by Gasteiger charge is 2.14. The number of pyridine rings is 1. The van der Waals surface area contributed by atoms with Gasteiger partial charge in [0, 0.05) is 11.8 Å². The molecule has 0 aliphatic rings. The first-order valence-corrected chi connectivity index (χ1v) is 7.69. The van der Waals surface area contributed by atoms with E-state index in [0.29, 0.717) is 11.1 Å². The third-order valence-electron chi connectivity index (χ3n) is 2.95. The number of nitrogens with zero attached hydrogens (tertiary/aromatic N) is 1. The average molecular weight is 290 g/mol. The molecule has 0 unspecified atom stereocenters. The maximum atomic E-state index is 11.7. The molecule has 5 nitrogen and oxygen atoms in total. The van der Waals surface area contributed by atoms with E-state index in [0.717, 1.165) is 0 Å². The molecule has 1 heterocycles. The van der Waals surface area contributed by atoms with E-state index < -0.39 is 15.7 Å². The van der Waals surface area contributed by atoms with Crippen molar-refractivity contribution in [1.82, 2.24) is 4.98 Å². The molecule has 20 heavy (non-hydrogen) atoms. The quantitative estimate of drug-likeness (QED) is 0.926. The van der Waals surface area contributed by atoms with Crippen LogP contribution in [0.5, 0.6) is 0 Å². The monoisotopic (exact) mass is 290 g/mol. The molecule has 2 rings (SSSR count). The molecule has 0 saturated heterocycles. The lowest BCUT2D eigenvalue weighted by molar-refractivity contribution is 0.0996. The van der Waals surface area contributed by atoms with Crippen molar-refractivity contribution < 1.29 is 13.2 Å². The molecular weight excluding hydrogens is 276 g/mol. The normalized spacial score (nSPS) is 11.2. The van der Waals surface area contributed by atoms with Gasteiger partial charge in [-0.1, -0.05) is 25.1 Å². The van der Waals surface area contributed by atoms with Crippen molar-refractivity contribution in [3.8, 4) is 11.1 Å². The summed E-state index contributed by atoms with van der Waals surface area (Å²) >= 11 is 0. The van der Waals surface area contributed by atoms with E-state index >= 15 is 0 Å². The van der Waals surface area contributed by atoms with Crippen LogP contribution in [0.3, 0.4) is 0 Å². The largest absolute Gasteiger partial charge is 0.364 e. The predicted molar refractivity (Wildman–Crippen MR) is 75.9 cm³/mol. The van der Waals surface area contributed by atoms with Crippen LogP contribution in [-0.2, 0) is 9.84 Å².